The highest BCUT2D eigenvalue weighted by atomic mass is 32.1. The molecule has 0 aliphatic carbocycles. The Labute approximate surface area is 640 Å². The molecule has 24 N–H and O–H groups in total. The third kappa shape index (κ3) is 27.9. The molecule has 8 atom stereocenters. The molecule has 2 aliphatic heterocycles. The highest BCUT2D eigenvalue weighted by molar-refractivity contribution is 7.80. The largest absolute Gasteiger partial charge is 0.508 e. The number of aliphatic imine (C=N–C) groups is 2. The lowest BCUT2D eigenvalue weighted by Crippen LogP contribution is -2.61. The Morgan fingerprint density at radius 3 is 1.37 bits per heavy atom. The summed E-state index contributed by atoms with van der Waals surface area (Å²) >= 11 is 5.70. The summed E-state index contributed by atoms with van der Waals surface area (Å²) in [6.45, 7) is 20.4. The second-order valence-electron chi connectivity index (χ2n) is 30.0. The number of benzene rings is 3. The minimum atomic E-state index is -1.42. The van der Waals surface area contributed by atoms with Gasteiger partial charge in [-0.05, 0) is 169 Å². The number of unbranched alkanes of at least 4 members (excludes halogenated alkanes) is 6. The van der Waals surface area contributed by atoms with E-state index < -0.39 is 107 Å². The molecule has 1 spiro atoms. The van der Waals surface area contributed by atoms with E-state index in [9.17, 15) is 53.4 Å². The van der Waals surface area contributed by atoms with Crippen LogP contribution in [0.3, 0.4) is 0 Å². The number of ether oxygens (including phenoxy) is 2. The first-order valence-corrected chi connectivity index (χ1v) is 38.3. The van der Waals surface area contributed by atoms with Crippen LogP contribution >= 0.6 is 12.2 Å². The Bertz CT molecular complexity index is 3550. The van der Waals surface area contributed by atoms with Crippen LogP contribution in [0.15, 0.2) is 64.6 Å². The number of fused-ring (bicyclic) bond motifs is 6. The van der Waals surface area contributed by atoms with Crippen LogP contribution in [0, 0.1) is 29.6 Å². The van der Waals surface area contributed by atoms with E-state index in [2.05, 4.69) is 63.2 Å². The van der Waals surface area contributed by atoms with Gasteiger partial charge in [0.2, 0.25) is 47.3 Å². The second kappa shape index (κ2) is 44.0. The fourth-order valence-electron chi connectivity index (χ4n) is 13.1. The normalized spacial score (nSPS) is 14.8. The average Bonchev–Trinajstić information content (AvgIpc) is 1.50. The maximum absolute atomic E-state index is 14.6. The Kier molecular flexibility index (Phi) is 36.3. The highest BCUT2D eigenvalue weighted by Crippen LogP contribution is 2.58. The SMILES string of the molecule is CC(C)C[C@H](NCCCCCCCCNC(=S)Nc1cccc2c1C(=O)OC21c2ccc(O)cc2Oc2cc(O)ccc21)C(=O)N[C@@H](CC(C)C)C(=O)N[C@@H](CC(C)C)C(=O)N[C@@H](CC(C)C)C(=O)N[C@@H](CCCN=C(N)N)C(=O)N[C@H](C(=O)N[C@@H](CCCCN)C(=O)N[C@@H](CCCN=C(N)N)C(N)=O)C(C)C. The summed E-state index contributed by atoms with van der Waals surface area (Å²) in [6.07, 6.45) is 8.01. The van der Waals surface area contributed by atoms with Crippen LogP contribution in [0.4, 0.5) is 5.69 Å². The minimum Gasteiger partial charge on any atom is -0.508 e. The van der Waals surface area contributed by atoms with Gasteiger partial charge < -0.3 is 107 Å². The van der Waals surface area contributed by atoms with Crippen LogP contribution in [0.5, 0.6) is 23.0 Å². The van der Waals surface area contributed by atoms with Crippen molar-refractivity contribution in [3.05, 3.63) is 76.9 Å². The number of aromatic hydroxyl groups is 2. The summed E-state index contributed by atoms with van der Waals surface area (Å²) in [5, 5.41) is 50.6. The van der Waals surface area contributed by atoms with E-state index in [1.165, 1.54) is 24.3 Å². The topological polar surface area (TPSA) is 514 Å². The van der Waals surface area contributed by atoms with Crippen molar-refractivity contribution in [3.63, 3.8) is 0 Å². The van der Waals surface area contributed by atoms with Crippen LogP contribution in [0.25, 0.3) is 0 Å². The van der Waals surface area contributed by atoms with Gasteiger partial charge in [-0.2, -0.15) is 0 Å². The molecule has 0 saturated heterocycles. The molecule has 0 radical (unpaired) electrons. The predicted octanol–water partition coefficient (Wildman–Crippen LogP) is 4.21. The number of hydrogen-bond acceptors (Lipinski definition) is 18. The Hall–Kier alpha value is -9.56. The van der Waals surface area contributed by atoms with E-state index in [0.717, 1.165) is 38.5 Å². The maximum atomic E-state index is 14.6. The quantitative estimate of drug-likeness (QED) is 0.0124. The number of guanidine groups is 2. The van der Waals surface area contributed by atoms with Crippen molar-refractivity contribution in [3.8, 4) is 23.0 Å². The first kappa shape index (κ1) is 89.1. The van der Waals surface area contributed by atoms with Crippen LogP contribution in [-0.4, -0.2) is 162 Å². The van der Waals surface area contributed by atoms with Crippen LogP contribution in [0.1, 0.15) is 205 Å². The number of nitrogens with one attached hydrogen (secondary N) is 10. The molecule has 0 unspecified atom stereocenters. The van der Waals surface area contributed by atoms with Crippen molar-refractivity contribution >= 4 is 88.2 Å². The third-order valence-corrected chi connectivity index (χ3v) is 18.6. The van der Waals surface area contributed by atoms with Gasteiger partial charge in [-0.1, -0.05) is 107 Å². The number of primary amides is 1. The zero-order valence-electron chi connectivity index (χ0n) is 64.4. The van der Waals surface area contributed by atoms with E-state index in [0.29, 0.717) is 78.4 Å². The van der Waals surface area contributed by atoms with E-state index in [4.69, 9.17) is 56.1 Å². The Morgan fingerprint density at radius 1 is 0.481 bits per heavy atom. The smallest absolute Gasteiger partial charge is 0.342 e. The van der Waals surface area contributed by atoms with E-state index in [-0.39, 0.29) is 123 Å². The zero-order chi connectivity index (χ0) is 79.9. The Balaban J connectivity index is 1.17. The number of phenolic OH excluding ortho intramolecular Hbond substituents is 2. The summed E-state index contributed by atoms with van der Waals surface area (Å²) in [6, 6.07) is 5.64. The standard InChI is InChI=1S/C76H120N18O13S/c1-42(2)36-56(83-32-17-13-11-12-14-18-33-86-75(108)93-52-24-19-22-51-62(52)72(105)107-76(51)49-29-27-47(95)40-60(49)106-61-41-48(96)28-30-50(61)76)67(100)90-58(38-44(5)6)69(102)92-59(39-45(7)8)70(103)91-57(37-43(3)4)68(101)88-55(26-21-35-85-74(81)82)66(99)94-63(46(9)10)71(104)89-54(23-15-16-31-77)65(98)87-53(64(78)97)25-20-34-84-73(79)80/h19,22,24,27-30,40-46,53-59,63,83,95-96H,11-18,20-21,23,25-26,31-39,77H2,1-10H3,(H2,78,97)(H,87,98)(H,88,101)(H,89,104)(H,90,100)(H,91,103)(H,92,102)(H,94,99)(H4,79,80,84)(H4,81,82,85)(H2,86,93,108)/t53-,54-,55-,56-,57-,58-,59-,63-/m0/s1. The lowest BCUT2D eigenvalue weighted by Gasteiger charge is -2.36. The average molecular weight is 1530 g/mol. The van der Waals surface area contributed by atoms with Crippen molar-refractivity contribution in [1.29, 1.82) is 0 Å². The summed E-state index contributed by atoms with van der Waals surface area (Å²) in [7, 11) is 0. The zero-order valence-corrected chi connectivity index (χ0v) is 65.2. The lowest BCUT2D eigenvalue weighted by atomic mass is 9.77. The van der Waals surface area contributed by atoms with Gasteiger partial charge in [-0.15, -0.1) is 0 Å². The van der Waals surface area contributed by atoms with Gasteiger partial charge in [0.05, 0.1) is 17.3 Å². The molecule has 0 saturated carbocycles. The number of rotatable bonds is 47. The highest BCUT2D eigenvalue weighted by Gasteiger charge is 2.54. The molecule has 2 heterocycles. The molecule has 598 valence electrons. The molecular formula is C76H120N18O13S. The van der Waals surface area contributed by atoms with Gasteiger partial charge in [-0.3, -0.25) is 48.3 Å². The lowest BCUT2D eigenvalue weighted by molar-refractivity contribution is -0.136. The fraction of sp³-hybridized carbons (Fsp3) is 0.605. The minimum absolute atomic E-state index is 0.0229. The monoisotopic (exact) mass is 1520 g/mol. The summed E-state index contributed by atoms with van der Waals surface area (Å²) in [4.78, 5) is 135. The summed E-state index contributed by atoms with van der Waals surface area (Å²) in [5.74, 6) is -6.56. The number of esters is 1. The number of carbonyl (C=O) groups is 9. The van der Waals surface area contributed by atoms with E-state index in [1.54, 1.807) is 44.2 Å². The van der Waals surface area contributed by atoms with Gasteiger partial charge in [0.1, 0.15) is 65.3 Å². The number of carbonyl (C=O) groups excluding carboxylic acids is 9. The Morgan fingerprint density at radius 2 is 0.898 bits per heavy atom. The molecule has 31 nitrogen and oxygen atoms in total. The second-order valence-corrected chi connectivity index (χ2v) is 30.4. The number of nitrogens with zero attached hydrogens (tertiary/aromatic N) is 2. The number of hydrogen-bond donors (Lipinski definition) is 18. The van der Waals surface area contributed by atoms with E-state index in [1.807, 2.05) is 55.4 Å². The van der Waals surface area contributed by atoms with Gasteiger partial charge in [-0.25, -0.2) is 4.79 Å². The van der Waals surface area contributed by atoms with Crippen molar-refractivity contribution < 1.29 is 62.8 Å². The molecule has 3 aromatic carbocycles. The van der Waals surface area contributed by atoms with Crippen molar-refractivity contribution in [2.75, 3.05) is 38.0 Å². The number of amides is 8. The number of thiocarbonyl (C=S) groups is 1. The molecule has 0 fully saturated rings. The third-order valence-electron chi connectivity index (χ3n) is 18.4. The molecule has 108 heavy (non-hydrogen) atoms. The molecular weight excluding hydrogens is 1410 g/mol. The molecule has 8 amide bonds. The molecule has 2 aliphatic rings. The number of nitrogens with two attached hydrogens (primary N) is 6. The molecule has 5 rings (SSSR count). The number of anilines is 1. The van der Waals surface area contributed by atoms with Crippen LogP contribution in [0.2, 0.25) is 0 Å². The van der Waals surface area contributed by atoms with E-state index >= 15 is 0 Å². The summed E-state index contributed by atoms with van der Waals surface area (Å²) in [5.41, 5.74) is 34.4. The first-order chi connectivity index (χ1) is 51.1. The van der Waals surface area contributed by atoms with Crippen molar-refractivity contribution in [2.24, 2.45) is 74.0 Å². The molecule has 0 aromatic heterocycles. The molecule has 3 aromatic rings. The first-order valence-electron chi connectivity index (χ1n) is 37.9. The molecule has 0 bridgehead atoms. The fourth-order valence-corrected chi connectivity index (χ4v) is 13.3. The maximum Gasteiger partial charge on any atom is 0.342 e. The van der Waals surface area contributed by atoms with Crippen molar-refractivity contribution in [2.45, 2.75) is 232 Å². The van der Waals surface area contributed by atoms with Crippen molar-refractivity contribution in [1.82, 2.24) is 47.9 Å². The van der Waals surface area contributed by atoms with Gasteiger partial charge in [0.15, 0.2) is 22.6 Å². The van der Waals surface area contributed by atoms with Gasteiger partial charge >= 0.3 is 5.97 Å². The van der Waals surface area contributed by atoms with Gasteiger partial charge in [0, 0.05) is 48.5 Å². The van der Waals surface area contributed by atoms with Crippen LogP contribution < -0.4 is 92.3 Å². The number of phenols is 2. The predicted molar refractivity (Wildman–Crippen MR) is 420 cm³/mol. The van der Waals surface area contributed by atoms with Gasteiger partial charge in [0.25, 0.3) is 0 Å². The summed E-state index contributed by atoms with van der Waals surface area (Å²) < 4.78 is 12.4. The molecule has 32 heteroatoms. The van der Waals surface area contributed by atoms with Crippen LogP contribution in [-0.2, 0) is 48.7 Å².